The van der Waals surface area contributed by atoms with E-state index in [1.807, 2.05) is 25.1 Å². The average Bonchev–Trinajstić information content (AvgIpc) is 2.49. The minimum atomic E-state index is -0.291. The third-order valence-corrected chi connectivity index (χ3v) is 4.40. The number of aryl methyl sites for hydroxylation is 1. The lowest BCUT2D eigenvalue weighted by Gasteiger charge is -2.26. The molecule has 1 aliphatic rings. The van der Waals surface area contributed by atoms with Crippen LogP contribution in [0, 0.1) is 6.92 Å². The van der Waals surface area contributed by atoms with Crippen LogP contribution in [-0.4, -0.2) is 27.6 Å². The second-order valence-corrected chi connectivity index (χ2v) is 6.12. The van der Waals surface area contributed by atoms with E-state index in [4.69, 9.17) is 0 Å². The van der Waals surface area contributed by atoms with Crippen LogP contribution < -0.4 is 10.6 Å². The van der Waals surface area contributed by atoms with Gasteiger partial charge in [-0.1, -0.05) is 12.1 Å². The van der Waals surface area contributed by atoms with Crippen LogP contribution in [0.3, 0.4) is 0 Å². The van der Waals surface area contributed by atoms with Gasteiger partial charge in [0, 0.05) is 17.6 Å². The average molecular weight is 349 g/mol. The lowest BCUT2D eigenvalue weighted by atomic mass is 10.1. The first kappa shape index (κ1) is 14.3. The van der Waals surface area contributed by atoms with E-state index in [0.717, 1.165) is 41.7 Å². The number of nitrogens with zero attached hydrogens (tertiary/aromatic N) is 4. The molecular weight excluding hydrogens is 332 g/mol. The molecule has 0 bridgehead atoms. The fourth-order valence-corrected chi connectivity index (χ4v) is 3.31. The van der Waals surface area contributed by atoms with Crippen LogP contribution >= 0.6 is 15.9 Å². The summed E-state index contributed by atoms with van der Waals surface area (Å²) < 4.78 is 2.35. The molecule has 0 spiro atoms. The molecule has 0 radical (unpaired) electrons. The summed E-state index contributed by atoms with van der Waals surface area (Å²) in [6, 6.07) is 5.81. The SMILES string of the molecule is Cc1cccc(Br)c1-n1cnc(N2CCCCC2)nc1=O. The van der Waals surface area contributed by atoms with E-state index >= 15 is 0 Å². The van der Waals surface area contributed by atoms with Crippen LogP contribution in [0.25, 0.3) is 5.69 Å². The number of piperidine rings is 1. The van der Waals surface area contributed by atoms with Gasteiger partial charge in [-0.05, 0) is 53.7 Å². The van der Waals surface area contributed by atoms with Crippen molar-refractivity contribution in [1.82, 2.24) is 14.5 Å². The van der Waals surface area contributed by atoms with E-state index in [2.05, 4.69) is 30.8 Å². The van der Waals surface area contributed by atoms with E-state index in [9.17, 15) is 4.79 Å². The van der Waals surface area contributed by atoms with Gasteiger partial charge in [0.15, 0.2) is 0 Å². The van der Waals surface area contributed by atoms with Gasteiger partial charge < -0.3 is 4.90 Å². The van der Waals surface area contributed by atoms with Crippen LogP contribution in [-0.2, 0) is 0 Å². The van der Waals surface area contributed by atoms with Crippen molar-refractivity contribution in [2.45, 2.75) is 26.2 Å². The Labute approximate surface area is 131 Å². The van der Waals surface area contributed by atoms with Gasteiger partial charge in [-0.3, -0.25) is 0 Å². The largest absolute Gasteiger partial charge is 0.356 e. The zero-order valence-corrected chi connectivity index (χ0v) is 13.5. The normalized spacial score (nSPS) is 15.2. The first-order valence-electron chi connectivity index (χ1n) is 7.13. The summed E-state index contributed by atoms with van der Waals surface area (Å²) in [5.41, 5.74) is 1.51. The zero-order valence-electron chi connectivity index (χ0n) is 11.9. The molecule has 1 aromatic heterocycles. The maximum absolute atomic E-state index is 12.4. The van der Waals surface area contributed by atoms with Crippen molar-refractivity contribution in [3.05, 3.63) is 45.0 Å². The molecule has 3 rings (SSSR count). The molecule has 0 unspecified atom stereocenters. The molecule has 1 aliphatic heterocycles. The molecule has 5 nitrogen and oxygen atoms in total. The molecule has 21 heavy (non-hydrogen) atoms. The van der Waals surface area contributed by atoms with Gasteiger partial charge in [-0.25, -0.2) is 14.3 Å². The minimum absolute atomic E-state index is 0.291. The van der Waals surface area contributed by atoms with E-state index in [1.165, 1.54) is 11.0 Å². The van der Waals surface area contributed by atoms with Crippen molar-refractivity contribution >= 4 is 21.9 Å². The molecule has 2 heterocycles. The van der Waals surface area contributed by atoms with Gasteiger partial charge >= 0.3 is 5.69 Å². The number of aromatic nitrogens is 3. The third kappa shape index (κ3) is 2.85. The van der Waals surface area contributed by atoms with Gasteiger partial charge in [0.25, 0.3) is 0 Å². The van der Waals surface area contributed by atoms with Crippen molar-refractivity contribution in [3.63, 3.8) is 0 Å². The maximum Gasteiger partial charge on any atom is 0.356 e. The summed E-state index contributed by atoms with van der Waals surface area (Å²) in [6.45, 7) is 3.82. The smallest absolute Gasteiger partial charge is 0.341 e. The number of anilines is 1. The topological polar surface area (TPSA) is 51.0 Å². The highest BCUT2D eigenvalue weighted by atomic mass is 79.9. The Kier molecular flexibility index (Phi) is 4.05. The standard InChI is InChI=1S/C15H17BrN4O/c1-11-6-5-7-12(16)13(11)20-10-17-14(18-15(20)21)19-8-3-2-4-9-19/h5-7,10H,2-4,8-9H2,1H3. The first-order chi connectivity index (χ1) is 10.2. The van der Waals surface area contributed by atoms with Gasteiger partial charge in [-0.2, -0.15) is 4.98 Å². The summed E-state index contributed by atoms with van der Waals surface area (Å²) in [5, 5.41) is 0. The highest BCUT2D eigenvalue weighted by Crippen LogP contribution is 2.23. The molecule has 0 atom stereocenters. The summed E-state index contributed by atoms with van der Waals surface area (Å²) >= 11 is 3.49. The van der Waals surface area contributed by atoms with E-state index < -0.39 is 0 Å². The molecule has 110 valence electrons. The molecule has 0 N–H and O–H groups in total. The van der Waals surface area contributed by atoms with Gasteiger partial charge in [0.05, 0.1) is 5.69 Å². The highest BCUT2D eigenvalue weighted by Gasteiger charge is 2.16. The molecule has 6 heteroatoms. The molecule has 2 aromatic rings. The number of hydrogen-bond donors (Lipinski definition) is 0. The Morgan fingerprint density at radius 2 is 1.95 bits per heavy atom. The number of rotatable bonds is 2. The fourth-order valence-electron chi connectivity index (χ4n) is 2.65. The van der Waals surface area contributed by atoms with Crippen LogP contribution in [0.5, 0.6) is 0 Å². The number of hydrogen-bond acceptors (Lipinski definition) is 4. The summed E-state index contributed by atoms with van der Waals surface area (Å²) in [4.78, 5) is 23.0. The number of halogens is 1. The highest BCUT2D eigenvalue weighted by molar-refractivity contribution is 9.10. The first-order valence-corrected chi connectivity index (χ1v) is 7.92. The van der Waals surface area contributed by atoms with E-state index in [1.54, 1.807) is 6.33 Å². The third-order valence-electron chi connectivity index (χ3n) is 3.76. The van der Waals surface area contributed by atoms with Crippen molar-refractivity contribution in [2.24, 2.45) is 0 Å². The van der Waals surface area contributed by atoms with Gasteiger partial charge in [0.2, 0.25) is 5.95 Å². The van der Waals surface area contributed by atoms with Crippen LogP contribution in [0.2, 0.25) is 0 Å². The van der Waals surface area contributed by atoms with Gasteiger partial charge in [0.1, 0.15) is 6.33 Å². The Morgan fingerprint density at radius 1 is 1.19 bits per heavy atom. The van der Waals surface area contributed by atoms with Gasteiger partial charge in [-0.15, -0.1) is 0 Å². The summed E-state index contributed by atoms with van der Waals surface area (Å²) in [6.07, 6.45) is 5.08. The fraction of sp³-hybridized carbons (Fsp3) is 0.400. The van der Waals surface area contributed by atoms with Crippen LogP contribution in [0.1, 0.15) is 24.8 Å². The predicted molar refractivity (Wildman–Crippen MR) is 86.1 cm³/mol. The number of para-hydroxylation sites is 1. The molecular formula is C15H17BrN4O. The maximum atomic E-state index is 12.4. The predicted octanol–water partition coefficient (Wildman–Crippen LogP) is 2.69. The monoisotopic (exact) mass is 348 g/mol. The zero-order chi connectivity index (χ0) is 14.8. The Morgan fingerprint density at radius 3 is 2.62 bits per heavy atom. The Bertz CT molecular complexity index is 687. The molecule has 0 amide bonds. The van der Waals surface area contributed by atoms with E-state index in [-0.39, 0.29) is 5.69 Å². The lowest BCUT2D eigenvalue weighted by molar-refractivity contribution is 0.565. The van der Waals surface area contributed by atoms with Crippen LogP contribution in [0.4, 0.5) is 5.95 Å². The second-order valence-electron chi connectivity index (χ2n) is 5.26. The minimum Gasteiger partial charge on any atom is -0.341 e. The lowest BCUT2D eigenvalue weighted by Crippen LogP contribution is -2.34. The quantitative estimate of drug-likeness (QED) is 0.837. The molecule has 0 saturated carbocycles. The van der Waals surface area contributed by atoms with Crippen molar-refractivity contribution in [2.75, 3.05) is 18.0 Å². The van der Waals surface area contributed by atoms with Crippen molar-refractivity contribution in [1.29, 1.82) is 0 Å². The van der Waals surface area contributed by atoms with Crippen molar-refractivity contribution < 1.29 is 0 Å². The second kappa shape index (κ2) is 5.97. The molecule has 0 aliphatic carbocycles. The van der Waals surface area contributed by atoms with Crippen LogP contribution in [0.15, 0.2) is 33.8 Å². The van der Waals surface area contributed by atoms with E-state index in [0.29, 0.717) is 5.95 Å². The number of benzene rings is 1. The molecule has 1 saturated heterocycles. The summed E-state index contributed by atoms with van der Waals surface area (Å²) in [7, 11) is 0. The Hall–Kier alpha value is -1.69. The molecule has 1 fully saturated rings. The molecule has 1 aromatic carbocycles. The summed E-state index contributed by atoms with van der Waals surface area (Å²) in [5.74, 6) is 0.542. The Balaban J connectivity index is 2.00. The van der Waals surface area contributed by atoms with Crippen molar-refractivity contribution in [3.8, 4) is 5.69 Å².